The Labute approximate surface area is 107 Å². The molecule has 1 aromatic rings. The first-order chi connectivity index (χ1) is 8.52. The third-order valence-electron chi connectivity index (χ3n) is 3.19. The van der Waals surface area contributed by atoms with Crippen molar-refractivity contribution in [2.45, 2.75) is 26.8 Å². The Kier molecular flexibility index (Phi) is 3.36. The highest BCUT2D eigenvalue weighted by Crippen LogP contribution is 2.24. The predicted octanol–water partition coefficient (Wildman–Crippen LogP) is 2.50. The Morgan fingerprint density at radius 3 is 2.33 bits per heavy atom. The van der Waals surface area contributed by atoms with E-state index in [0.29, 0.717) is 12.2 Å². The largest absolute Gasteiger partial charge is 0.331 e. The Balaban J connectivity index is 2.37. The van der Waals surface area contributed by atoms with Crippen molar-refractivity contribution in [1.29, 1.82) is 0 Å². The average Bonchev–Trinajstić information content (AvgIpc) is 2.35. The molecule has 1 heterocycles. The van der Waals surface area contributed by atoms with Crippen molar-refractivity contribution in [2.75, 3.05) is 11.4 Å². The van der Waals surface area contributed by atoms with Crippen LogP contribution in [0, 0.1) is 5.92 Å². The molecule has 3 amide bonds. The van der Waals surface area contributed by atoms with Gasteiger partial charge in [-0.15, -0.1) is 0 Å². The number of imide groups is 1. The fraction of sp³-hybridized carbons (Fsp3) is 0.429. The van der Waals surface area contributed by atoms with Gasteiger partial charge in [0.15, 0.2) is 0 Å². The van der Waals surface area contributed by atoms with Crippen LogP contribution in [-0.4, -0.2) is 29.4 Å². The van der Waals surface area contributed by atoms with Crippen LogP contribution in [0.5, 0.6) is 0 Å². The van der Waals surface area contributed by atoms with Crippen molar-refractivity contribution in [2.24, 2.45) is 5.92 Å². The summed E-state index contributed by atoms with van der Waals surface area (Å²) in [5.74, 6) is -0.284. The summed E-state index contributed by atoms with van der Waals surface area (Å²) in [6.07, 6.45) is 0. The van der Waals surface area contributed by atoms with Crippen LogP contribution in [-0.2, 0) is 4.79 Å². The van der Waals surface area contributed by atoms with Crippen LogP contribution < -0.4 is 4.90 Å². The topological polar surface area (TPSA) is 40.6 Å². The summed E-state index contributed by atoms with van der Waals surface area (Å²) in [6.45, 7) is 6.28. The zero-order valence-electron chi connectivity index (χ0n) is 11.0. The van der Waals surface area contributed by atoms with Crippen molar-refractivity contribution in [3.05, 3.63) is 30.3 Å². The highest BCUT2D eigenvalue weighted by atomic mass is 16.2. The maximum atomic E-state index is 12.4. The van der Waals surface area contributed by atoms with E-state index in [2.05, 4.69) is 0 Å². The Hall–Kier alpha value is -1.84. The van der Waals surface area contributed by atoms with Crippen molar-refractivity contribution in [3.63, 3.8) is 0 Å². The van der Waals surface area contributed by atoms with Gasteiger partial charge in [-0.2, -0.15) is 0 Å². The highest BCUT2D eigenvalue weighted by Gasteiger charge is 2.38. The fourth-order valence-electron chi connectivity index (χ4n) is 2.14. The van der Waals surface area contributed by atoms with E-state index < -0.39 is 0 Å². The second-order valence-corrected chi connectivity index (χ2v) is 4.94. The molecule has 4 nitrogen and oxygen atoms in total. The molecule has 0 spiro atoms. The molecule has 0 N–H and O–H groups in total. The average molecular weight is 246 g/mol. The first-order valence-electron chi connectivity index (χ1n) is 6.22. The lowest BCUT2D eigenvalue weighted by Crippen LogP contribution is -2.58. The summed E-state index contributed by atoms with van der Waals surface area (Å²) in [4.78, 5) is 27.6. The van der Waals surface area contributed by atoms with Gasteiger partial charge in [0.05, 0.1) is 11.6 Å². The molecular formula is C14H18N2O2. The van der Waals surface area contributed by atoms with Crippen LogP contribution in [0.3, 0.4) is 0 Å². The van der Waals surface area contributed by atoms with Crippen LogP contribution in [0.1, 0.15) is 20.8 Å². The minimum absolute atomic E-state index is 0.0965. The van der Waals surface area contributed by atoms with Gasteiger partial charge < -0.3 is 4.90 Å². The molecule has 4 heteroatoms. The monoisotopic (exact) mass is 246 g/mol. The standard InChI is InChI=1S/C14H18N2O2/c1-10(2)15-9-11(3)13(17)16(14(15)18)12-7-5-4-6-8-12/h4-8,10-11H,9H2,1-3H3/t11-/m0/s1. The van der Waals surface area contributed by atoms with Crippen LogP contribution >= 0.6 is 0 Å². The first kappa shape index (κ1) is 12.6. The van der Waals surface area contributed by atoms with E-state index in [1.54, 1.807) is 17.0 Å². The minimum atomic E-state index is -0.223. The zero-order valence-corrected chi connectivity index (χ0v) is 11.0. The van der Waals surface area contributed by atoms with Gasteiger partial charge in [0, 0.05) is 12.6 Å². The molecule has 0 radical (unpaired) electrons. The molecule has 0 aromatic heterocycles. The fourth-order valence-corrected chi connectivity index (χ4v) is 2.14. The molecule has 18 heavy (non-hydrogen) atoms. The maximum Gasteiger partial charge on any atom is 0.331 e. The molecule has 0 bridgehead atoms. The smallest absolute Gasteiger partial charge is 0.321 e. The van der Waals surface area contributed by atoms with E-state index in [1.165, 1.54) is 4.90 Å². The molecule has 0 aliphatic carbocycles. The number of benzene rings is 1. The van der Waals surface area contributed by atoms with E-state index in [4.69, 9.17) is 0 Å². The molecule has 1 fully saturated rings. The molecule has 1 aliphatic heterocycles. The third-order valence-corrected chi connectivity index (χ3v) is 3.19. The first-order valence-corrected chi connectivity index (χ1v) is 6.22. The van der Waals surface area contributed by atoms with Gasteiger partial charge in [-0.05, 0) is 26.0 Å². The number of carbonyl (C=O) groups is 2. The third kappa shape index (κ3) is 2.10. The summed E-state index contributed by atoms with van der Waals surface area (Å²) in [7, 11) is 0. The SMILES string of the molecule is CC(C)N1C[C@H](C)C(=O)N(c2ccccc2)C1=O. The number of anilines is 1. The number of rotatable bonds is 2. The van der Waals surface area contributed by atoms with Gasteiger partial charge in [-0.3, -0.25) is 4.79 Å². The van der Waals surface area contributed by atoms with Gasteiger partial charge in [-0.1, -0.05) is 25.1 Å². The number of hydrogen-bond acceptors (Lipinski definition) is 2. The summed E-state index contributed by atoms with van der Waals surface area (Å²) < 4.78 is 0. The lowest BCUT2D eigenvalue weighted by atomic mass is 10.1. The van der Waals surface area contributed by atoms with Crippen molar-refractivity contribution < 1.29 is 9.59 Å². The lowest BCUT2D eigenvalue weighted by molar-refractivity contribution is -0.123. The molecule has 1 saturated heterocycles. The maximum absolute atomic E-state index is 12.4. The number of amides is 3. The Bertz CT molecular complexity index is 456. The number of carbonyl (C=O) groups excluding carboxylic acids is 2. The Morgan fingerprint density at radius 1 is 1.17 bits per heavy atom. The van der Waals surface area contributed by atoms with E-state index in [0.717, 1.165) is 0 Å². The van der Waals surface area contributed by atoms with E-state index >= 15 is 0 Å². The number of urea groups is 1. The second kappa shape index (κ2) is 4.80. The predicted molar refractivity (Wildman–Crippen MR) is 70.3 cm³/mol. The zero-order chi connectivity index (χ0) is 13.3. The number of hydrogen-bond donors (Lipinski definition) is 0. The summed E-state index contributed by atoms with van der Waals surface area (Å²) >= 11 is 0. The van der Waals surface area contributed by atoms with Crippen molar-refractivity contribution >= 4 is 17.6 Å². The van der Waals surface area contributed by atoms with Crippen LogP contribution in [0.15, 0.2) is 30.3 Å². The van der Waals surface area contributed by atoms with Gasteiger partial charge in [0.1, 0.15) is 0 Å². The van der Waals surface area contributed by atoms with Crippen LogP contribution in [0.4, 0.5) is 10.5 Å². The van der Waals surface area contributed by atoms with Gasteiger partial charge in [0.2, 0.25) is 5.91 Å². The van der Waals surface area contributed by atoms with E-state index in [1.807, 2.05) is 39.0 Å². The van der Waals surface area contributed by atoms with Gasteiger partial charge in [-0.25, -0.2) is 9.69 Å². The lowest BCUT2D eigenvalue weighted by Gasteiger charge is -2.39. The minimum Gasteiger partial charge on any atom is -0.321 e. The second-order valence-electron chi connectivity index (χ2n) is 4.94. The molecule has 2 rings (SSSR count). The van der Waals surface area contributed by atoms with Crippen molar-refractivity contribution in [3.8, 4) is 0 Å². The molecule has 96 valence electrons. The van der Waals surface area contributed by atoms with Gasteiger partial charge >= 0.3 is 6.03 Å². The van der Waals surface area contributed by atoms with Gasteiger partial charge in [0.25, 0.3) is 0 Å². The van der Waals surface area contributed by atoms with E-state index in [-0.39, 0.29) is 23.9 Å². The highest BCUT2D eigenvalue weighted by molar-refractivity contribution is 6.16. The quantitative estimate of drug-likeness (QED) is 0.804. The Morgan fingerprint density at radius 2 is 1.78 bits per heavy atom. The van der Waals surface area contributed by atoms with Crippen molar-refractivity contribution in [1.82, 2.24) is 4.90 Å². The number of nitrogens with zero attached hydrogens (tertiary/aromatic N) is 2. The van der Waals surface area contributed by atoms with E-state index in [9.17, 15) is 9.59 Å². The normalized spacial score (nSPS) is 20.8. The summed E-state index contributed by atoms with van der Waals surface area (Å²) in [5.41, 5.74) is 0.643. The molecular weight excluding hydrogens is 228 g/mol. The molecule has 1 aromatic carbocycles. The molecule has 0 unspecified atom stereocenters. The van der Waals surface area contributed by atoms with Crippen LogP contribution in [0.2, 0.25) is 0 Å². The molecule has 0 saturated carbocycles. The summed E-state index contributed by atoms with van der Waals surface area (Å²) in [5, 5.41) is 0. The number of para-hydroxylation sites is 1. The molecule has 1 aliphatic rings. The summed E-state index contributed by atoms with van der Waals surface area (Å²) in [6, 6.07) is 8.97. The molecule has 1 atom stereocenters. The van der Waals surface area contributed by atoms with Crippen LogP contribution in [0.25, 0.3) is 0 Å².